The number of carbonyl (C=O) groups excluding carboxylic acids is 1. The maximum absolute atomic E-state index is 13.4. The SMILES string of the molecule is CS(=N)(=O)CCCC(=O)CNc1nonc1C(=N[C@H]1Cc2ccc(F)cc21)NO. The minimum atomic E-state index is -2.62. The molecular formula is C17H21FN6O4S. The predicted molar refractivity (Wildman–Crippen MR) is 103 cm³/mol. The van der Waals surface area contributed by atoms with Crippen molar-refractivity contribution in [2.75, 3.05) is 23.9 Å². The minimum Gasteiger partial charge on any atom is -0.358 e. The number of amidine groups is 1. The zero-order valence-corrected chi connectivity index (χ0v) is 16.5. The average Bonchev–Trinajstić information content (AvgIpc) is 3.10. The maximum atomic E-state index is 13.4. The van der Waals surface area contributed by atoms with E-state index < -0.39 is 9.73 Å². The van der Waals surface area contributed by atoms with Gasteiger partial charge >= 0.3 is 0 Å². The van der Waals surface area contributed by atoms with Crippen LogP contribution in [0, 0.1) is 10.6 Å². The topological polar surface area (TPSA) is 154 Å². The summed E-state index contributed by atoms with van der Waals surface area (Å²) in [6, 6.07) is 4.12. The second-order valence-electron chi connectivity index (χ2n) is 6.82. The Kier molecular flexibility index (Phi) is 6.23. The molecule has 1 aromatic carbocycles. The van der Waals surface area contributed by atoms with E-state index in [1.54, 1.807) is 6.07 Å². The van der Waals surface area contributed by atoms with Gasteiger partial charge in [-0.3, -0.25) is 29.5 Å². The highest BCUT2D eigenvalue weighted by Crippen LogP contribution is 2.36. The number of hydrogen-bond acceptors (Lipinski definition) is 9. The van der Waals surface area contributed by atoms with Crippen LogP contribution in [0.15, 0.2) is 27.8 Å². The van der Waals surface area contributed by atoms with Gasteiger partial charge in [-0.2, -0.15) is 0 Å². The number of halogens is 1. The largest absolute Gasteiger partial charge is 0.358 e. The van der Waals surface area contributed by atoms with Crippen molar-refractivity contribution in [1.29, 1.82) is 4.78 Å². The molecule has 2 aromatic rings. The maximum Gasteiger partial charge on any atom is 0.202 e. The highest BCUT2D eigenvalue weighted by atomic mass is 32.2. The molecule has 2 atom stereocenters. The standard InChI is InChI=1S/C17H21FN6O4S/c1-29(19,27)6-2-3-12(25)9-20-16-15(23-28-24-16)17(22-26)21-14-7-10-4-5-11(18)8-13(10)14/h4-5,8,14,19,26H,2-3,6-7,9H2,1H3,(H,20,24)(H,21,22)/t14-,29?/m0/s1. The monoisotopic (exact) mass is 424 g/mol. The van der Waals surface area contributed by atoms with E-state index >= 15 is 0 Å². The van der Waals surface area contributed by atoms with Crippen LogP contribution < -0.4 is 10.8 Å². The molecule has 10 nitrogen and oxygen atoms in total. The van der Waals surface area contributed by atoms with Crippen LogP contribution in [-0.2, 0) is 20.9 Å². The molecule has 0 radical (unpaired) electrons. The number of anilines is 1. The van der Waals surface area contributed by atoms with E-state index in [1.165, 1.54) is 18.4 Å². The Bertz CT molecular complexity index is 1040. The molecule has 12 heteroatoms. The molecule has 1 aliphatic carbocycles. The Labute approximate surface area is 166 Å². The molecule has 0 amide bonds. The molecule has 1 aromatic heterocycles. The predicted octanol–water partition coefficient (Wildman–Crippen LogP) is 1.67. The van der Waals surface area contributed by atoms with Crippen molar-refractivity contribution in [3.63, 3.8) is 0 Å². The summed E-state index contributed by atoms with van der Waals surface area (Å²) in [6.07, 6.45) is 2.44. The fraction of sp³-hybridized carbons (Fsp3) is 0.412. The lowest BCUT2D eigenvalue weighted by Gasteiger charge is -2.27. The van der Waals surface area contributed by atoms with Crippen LogP contribution in [0.4, 0.5) is 10.2 Å². The van der Waals surface area contributed by atoms with E-state index in [-0.39, 0.29) is 53.7 Å². The third kappa shape index (κ3) is 5.35. The van der Waals surface area contributed by atoms with Crippen LogP contribution in [-0.4, -0.2) is 49.9 Å². The Morgan fingerprint density at radius 2 is 2.28 bits per heavy atom. The Morgan fingerprint density at radius 3 is 3.00 bits per heavy atom. The summed E-state index contributed by atoms with van der Waals surface area (Å²) in [7, 11) is -2.62. The van der Waals surface area contributed by atoms with Crippen LogP contribution in [0.5, 0.6) is 0 Å². The number of nitrogens with one attached hydrogen (secondary N) is 3. The second kappa shape index (κ2) is 8.66. The number of hydroxylamine groups is 1. The summed E-state index contributed by atoms with van der Waals surface area (Å²) in [4.78, 5) is 16.3. The molecule has 156 valence electrons. The number of Topliss-reactive ketones (excluding diaryl/α,β-unsaturated/α-hetero) is 1. The molecule has 0 aliphatic heterocycles. The van der Waals surface area contributed by atoms with Crippen LogP contribution >= 0.6 is 0 Å². The molecule has 1 aliphatic rings. The van der Waals surface area contributed by atoms with Crippen molar-refractivity contribution in [2.24, 2.45) is 4.99 Å². The number of rotatable bonds is 9. The third-order valence-corrected chi connectivity index (χ3v) is 5.49. The highest BCUT2D eigenvalue weighted by Gasteiger charge is 2.28. The summed E-state index contributed by atoms with van der Waals surface area (Å²) in [5.74, 6) is -0.292. The summed E-state index contributed by atoms with van der Waals surface area (Å²) >= 11 is 0. The summed E-state index contributed by atoms with van der Waals surface area (Å²) in [6.45, 7) is -0.0830. The summed E-state index contributed by atoms with van der Waals surface area (Å²) in [5.41, 5.74) is 3.72. The van der Waals surface area contributed by atoms with Crippen LogP contribution in [0.2, 0.25) is 0 Å². The molecule has 0 saturated heterocycles. The van der Waals surface area contributed by atoms with Gasteiger partial charge in [0.15, 0.2) is 17.3 Å². The fourth-order valence-electron chi connectivity index (χ4n) is 2.94. The fourth-order valence-corrected chi connectivity index (χ4v) is 3.63. The highest BCUT2D eigenvalue weighted by molar-refractivity contribution is 7.91. The van der Waals surface area contributed by atoms with Gasteiger partial charge in [0.25, 0.3) is 0 Å². The first-order valence-electron chi connectivity index (χ1n) is 8.83. The zero-order chi connectivity index (χ0) is 21.0. The quantitative estimate of drug-likeness (QED) is 0.269. The van der Waals surface area contributed by atoms with Crippen LogP contribution in [0.3, 0.4) is 0 Å². The molecule has 1 unspecified atom stereocenters. The van der Waals surface area contributed by atoms with Crippen molar-refractivity contribution >= 4 is 27.2 Å². The van der Waals surface area contributed by atoms with Gasteiger partial charge in [-0.1, -0.05) is 6.07 Å². The molecule has 0 fully saturated rings. The first kappa shape index (κ1) is 20.9. The van der Waals surface area contributed by atoms with Gasteiger partial charge in [0, 0.05) is 28.2 Å². The van der Waals surface area contributed by atoms with E-state index in [0.717, 1.165) is 11.1 Å². The van der Waals surface area contributed by atoms with Crippen molar-refractivity contribution in [2.45, 2.75) is 25.3 Å². The van der Waals surface area contributed by atoms with Crippen molar-refractivity contribution in [3.8, 4) is 0 Å². The second-order valence-corrected chi connectivity index (χ2v) is 9.24. The number of fused-ring (bicyclic) bond motifs is 1. The number of hydrogen-bond donors (Lipinski definition) is 4. The van der Waals surface area contributed by atoms with Gasteiger partial charge < -0.3 is 5.32 Å². The van der Waals surface area contributed by atoms with E-state index in [2.05, 4.69) is 25.3 Å². The average molecular weight is 424 g/mol. The Morgan fingerprint density at radius 1 is 1.48 bits per heavy atom. The lowest BCUT2D eigenvalue weighted by atomic mass is 9.83. The normalized spacial score (nSPS) is 17.8. The number of aromatic nitrogens is 2. The third-order valence-electron chi connectivity index (χ3n) is 4.43. The number of nitrogens with zero attached hydrogens (tertiary/aromatic N) is 3. The number of carbonyl (C=O) groups is 1. The molecule has 3 rings (SSSR count). The Balaban J connectivity index is 1.63. The zero-order valence-electron chi connectivity index (χ0n) is 15.6. The molecule has 29 heavy (non-hydrogen) atoms. The van der Waals surface area contributed by atoms with Gasteiger partial charge in [0.2, 0.25) is 5.82 Å². The van der Waals surface area contributed by atoms with E-state index in [0.29, 0.717) is 12.8 Å². The number of benzene rings is 1. The van der Waals surface area contributed by atoms with Crippen LogP contribution in [0.25, 0.3) is 0 Å². The van der Waals surface area contributed by atoms with E-state index in [9.17, 15) is 18.6 Å². The minimum absolute atomic E-state index is 0.0268. The smallest absolute Gasteiger partial charge is 0.202 e. The van der Waals surface area contributed by atoms with Gasteiger partial charge in [-0.05, 0) is 46.4 Å². The van der Waals surface area contributed by atoms with Gasteiger partial charge in [0.1, 0.15) is 5.82 Å². The van der Waals surface area contributed by atoms with Crippen LogP contribution in [0.1, 0.15) is 35.7 Å². The molecule has 0 saturated carbocycles. The van der Waals surface area contributed by atoms with E-state index in [1.807, 2.05) is 5.48 Å². The van der Waals surface area contributed by atoms with Gasteiger partial charge in [0.05, 0.1) is 12.6 Å². The van der Waals surface area contributed by atoms with Gasteiger partial charge in [-0.25, -0.2) is 9.02 Å². The first-order chi connectivity index (χ1) is 13.8. The molecule has 4 N–H and O–H groups in total. The summed E-state index contributed by atoms with van der Waals surface area (Å²) < 4.78 is 36.8. The Hall–Kier alpha value is -2.86. The first-order valence-corrected chi connectivity index (χ1v) is 11.0. The van der Waals surface area contributed by atoms with Crippen molar-refractivity contribution in [1.82, 2.24) is 15.8 Å². The lowest BCUT2D eigenvalue weighted by molar-refractivity contribution is -0.117. The molecule has 1 heterocycles. The molecular weight excluding hydrogens is 403 g/mol. The molecule has 0 bridgehead atoms. The van der Waals surface area contributed by atoms with Gasteiger partial charge in [-0.15, -0.1) is 0 Å². The molecule has 0 spiro atoms. The number of ketones is 1. The van der Waals surface area contributed by atoms with Crippen molar-refractivity contribution in [3.05, 3.63) is 40.8 Å². The van der Waals surface area contributed by atoms with Crippen molar-refractivity contribution < 1.29 is 23.2 Å². The number of aliphatic imine (C=N–C) groups is 1. The van der Waals surface area contributed by atoms with E-state index in [4.69, 9.17) is 4.78 Å². The lowest BCUT2D eigenvalue weighted by Crippen LogP contribution is -2.26. The summed E-state index contributed by atoms with van der Waals surface area (Å²) in [5, 5.41) is 19.6.